The molecule has 4 rings (SSSR count). The van der Waals surface area contributed by atoms with Crippen LogP contribution in [0.1, 0.15) is 31.6 Å². The molecular formula is C21H16N2O5S. The first-order chi connectivity index (χ1) is 14.1. The molecule has 1 amide bonds. The Kier molecular flexibility index (Phi) is 5.26. The molecule has 0 aliphatic carbocycles. The molecule has 0 aliphatic heterocycles. The van der Waals surface area contributed by atoms with Crippen LogP contribution in [0.15, 0.2) is 69.8 Å². The van der Waals surface area contributed by atoms with Crippen LogP contribution in [0.2, 0.25) is 0 Å². The van der Waals surface area contributed by atoms with Crippen molar-refractivity contribution in [1.29, 1.82) is 0 Å². The fourth-order valence-corrected chi connectivity index (χ4v) is 3.62. The summed E-state index contributed by atoms with van der Waals surface area (Å²) in [6.45, 7) is 1.74. The van der Waals surface area contributed by atoms with E-state index in [4.69, 9.17) is 13.7 Å². The molecule has 3 aromatic heterocycles. The van der Waals surface area contributed by atoms with E-state index in [0.717, 1.165) is 16.9 Å². The Bertz CT molecular complexity index is 1130. The average molecular weight is 408 g/mol. The van der Waals surface area contributed by atoms with Crippen LogP contribution in [0, 0.1) is 6.92 Å². The minimum Gasteiger partial charge on any atom is -0.459 e. The molecule has 8 heteroatoms. The topological polar surface area (TPSA) is 94.6 Å². The molecule has 4 aromatic rings. The number of ether oxygens (including phenoxy) is 1. The van der Waals surface area contributed by atoms with E-state index < -0.39 is 5.97 Å². The average Bonchev–Trinajstić information content (AvgIpc) is 3.48. The van der Waals surface area contributed by atoms with E-state index in [1.165, 1.54) is 6.26 Å². The molecule has 29 heavy (non-hydrogen) atoms. The lowest BCUT2D eigenvalue weighted by Crippen LogP contribution is -2.09. The number of rotatable bonds is 6. The molecule has 0 bridgehead atoms. The lowest BCUT2D eigenvalue weighted by molar-refractivity contribution is 0.0442. The molecule has 1 N–H and O–H groups in total. The zero-order chi connectivity index (χ0) is 20.2. The highest BCUT2D eigenvalue weighted by Crippen LogP contribution is 2.28. The molecule has 0 spiro atoms. The van der Waals surface area contributed by atoms with Gasteiger partial charge >= 0.3 is 5.97 Å². The Morgan fingerprint density at radius 3 is 2.72 bits per heavy atom. The van der Waals surface area contributed by atoms with Crippen LogP contribution in [-0.2, 0) is 11.3 Å². The summed E-state index contributed by atoms with van der Waals surface area (Å²) >= 11 is 1.14. The Balaban J connectivity index is 1.38. The van der Waals surface area contributed by atoms with Gasteiger partial charge in [0.25, 0.3) is 5.91 Å². The van der Waals surface area contributed by atoms with E-state index in [1.807, 2.05) is 30.3 Å². The molecule has 0 saturated carbocycles. The smallest absolute Gasteiger partial charge is 0.349 e. The summed E-state index contributed by atoms with van der Waals surface area (Å²) in [5.74, 6) is -0.243. The maximum atomic E-state index is 12.4. The molecule has 7 nitrogen and oxygen atoms in total. The van der Waals surface area contributed by atoms with Gasteiger partial charge in [0.05, 0.1) is 11.3 Å². The number of anilines is 1. The van der Waals surface area contributed by atoms with Crippen molar-refractivity contribution in [3.63, 3.8) is 0 Å². The van der Waals surface area contributed by atoms with E-state index >= 15 is 0 Å². The van der Waals surface area contributed by atoms with E-state index in [-0.39, 0.29) is 18.3 Å². The molecule has 3 heterocycles. The molecule has 0 aliphatic rings. The van der Waals surface area contributed by atoms with Crippen molar-refractivity contribution in [3.8, 4) is 11.3 Å². The van der Waals surface area contributed by atoms with Crippen LogP contribution in [0.4, 0.5) is 5.00 Å². The van der Waals surface area contributed by atoms with Crippen molar-refractivity contribution in [1.82, 2.24) is 5.16 Å². The number of furan rings is 1. The Hall–Kier alpha value is -3.65. The van der Waals surface area contributed by atoms with Gasteiger partial charge < -0.3 is 19.0 Å². The lowest BCUT2D eigenvalue weighted by atomic mass is 10.1. The number of hydrogen-bond donors (Lipinski definition) is 1. The van der Waals surface area contributed by atoms with E-state index in [2.05, 4.69) is 10.5 Å². The standard InChI is InChI=1S/C21H16N2O5S/c1-13-10-18(22-20(24)17-8-5-9-26-17)29-19(13)21(25)27-12-15-11-16(23-28-15)14-6-3-2-4-7-14/h2-11H,12H2,1H3,(H,22,24). The molecule has 0 atom stereocenters. The van der Waals surface area contributed by atoms with Gasteiger partial charge in [-0.15, -0.1) is 11.3 Å². The summed E-state index contributed by atoms with van der Waals surface area (Å²) in [5, 5.41) is 7.23. The van der Waals surface area contributed by atoms with Crippen molar-refractivity contribution >= 4 is 28.2 Å². The molecule has 146 valence electrons. The van der Waals surface area contributed by atoms with Gasteiger partial charge in [0.1, 0.15) is 10.6 Å². The maximum Gasteiger partial charge on any atom is 0.349 e. The van der Waals surface area contributed by atoms with Crippen molar-refractivity contribution in [3.05, 3.63) is 82.8 Å². The number of hydrogen-bond acceptors (Lipinski definition) is 7. The third kappa shape index (κ3) is 4.27. The highest BCUT2D eigenvalue weighted by Gasteiger charge is 2.18. The number of benzene rings is 1. The predicted octanol–water partition coefficient (Wildman–Crippen LogP) is 4.91. The van der Waals surface area contributed by atoms with E-state index in [9.17, 15) is 9.59 Å². The first-order valence-corrected chi connectivity index (χ1v) is 9.55. The van der Waals surface area contributed by atoms with Gasteiger partial charge in [-0.2, -0.15) is 0 Å². The monoisotopic (exact) mass is 408 g/mol. The second-order valence-electron chi connectivity index (χ2n) is 6.17. The molecule has 1 aromatic carbocycles. The first kappa shape index (κ1) is 18.7. The third-order valence-electron chi connectivity index (χ3n) is 4.06. The predicted molar refractivity (Wildman–Crippen MR) is 107 cm³/mol. The maximum absolute atomic E-state index is 12.4. The van der Waals surface area contributed by atoms with Gasteiger partial charge in [0.2, 0.25) is 0 Å². The van der Waals surface area contributed by atoms with Gasteiger partial charge in [0, 0.05) is 11.6 Å². The first-order valence-electron chi connectivity index (χ1n) is 8.73. The van der Waals surface area contributed by atoms with Crippen molar-refractivity contribution in [2.24, 2.45) is 0 Å². The molecule has 0 radical (unpaired) electrons. The van der Waals surface area contributed by atoms with Gasteiger partial charge in [-0.25, -0.2) is 4.79 Å². The third-order valence-corrected chi connectivity index (χ3v) is 5.19. The Labute approximate surface area is 169 Å². The number of esters is 1. The second kappa shape index (κ2) is 8.15. The summed E-state index contributed by atoms with van der Waals surface area (Å²) < 4.78 is 15.6. The van der Waals surface area contributed by atoms with Gasteiger partial charge in [-0.05, 0) is 30.7 Å². The second-order valence-corrected chi connectivity index (χ2v) is 7.23. The van der Waals surface area contributed by atoms with Crippen molar-refractivity contribution in [2.45, 2.75) is 13.5 Å². The number of carbonyl (C=O) groups excluding carboxylic acids is 2. The fourth-order valence-electron chi connectivity index (χ4n) is 2.66. The number of carbonyl (C=O) groups is 2. The zero-order valence-corrected chi connectivity index (χ0v) is 16.2. The summed E-state index contributed by atoms with van der Waals surface area (Å²) in [5.41, 5.74) is 2.30. The minimum atomic E-state index is -0.497. The number of aromatic nitrogens is 1. The Morgan fingerprint density at radius 1 is 1.14 bits per heavy atom. The zero-order valence-electron chi connectivity index (χ0n) is 15.4. The Morgan fingerprint density at radius 2 is 1.97 bits per heavy atom. The van der Waals surface area contributed by atoms with Gasteiger partial charge in [-0.1, -0.05) is 35.5 Å². The summed E-state index contributed by atoms with van der Waals surface area (Å²) in [6, 6.07) is 16.2. The largest absolute Gasteiger partial charge is 0.459 e. The fraction of sp³-hybridized carbons (Fsp3) is 0.0952. The summed E-state index contributed by atoms with van der Waals surface area (Å²) in [4.78, 5) is 24.9. The summed E-state index contributed by atoms with van der Waals surface area (Å²) in [6.07, 6.45) is 1.42. The van der Waals surface area contributed by atoms with Crippen LogP contribution in [0.3, 0.4) is 0 Å². The van der Waals surface area contributed by atoms with Crippen molar-refractivity contribution in [2.75, 3.05) is 5.32 Å². The number of thiophene rings is 1. The molecule has 0 saturated heterocycles. The van der Waals surface area contributed by atoms with Crippen LogP contribution < -0.4 is 5.32 Å². The molecule has 0 unspecified atom stereocenters. The summed E-state index contributed by atoms with van der Waals surface area (Å²) in [7, 11) is 0. The van der Waals surface area contributed by atoms with Crippen molar-refractivity contribution < 1.29 is 23.3 Å². The van der Waals surface area contributed by atoms with Crippen LogP contribution >= 0.6 is 11.3 Å². The number of amides is 1. The number of nitrogens with zero attached hydrogens (tertiary/aromatic N) is 1. The van der Waals surface area contributed by atoms with Crippen LogP contribution in [0.25, 0.3) is 11.3 Å². The van der Waals surface area contributed by atoms with Gasteiger partial charge in [-0.3, -0.25) is 4.79 Å². The molecular weight excluding hydrogens is 392 g/mol. The SMILES string of the molecule is Cc1cc(NC(=O)c2ccco2)sc1C(=O)OCc1cc(-c2ccccc2)no1. The van der Waals surface area contributed by atoms with Gasteiger partial charge in [0.15, 0.2) is 18.1 Å². The normalized spacial score (nSPS) is 10.7. The highest BCUT2D eigenvalue weighted by molar-refractivity contribution is 7.18. The highest BCUT2D eigenvalue weighted by atomic mass is 32.1. The van der Waals surface area contributed by atoms with E-state index in [0.29, 0.717) is 26.9 Å². The van der Waals surface area contributed by atoms with Crippen LogP contribution in [0.5, 0.6) is 0 Å². The number of nitrogens with one attached hydrogen (secondary N) is 1. The van der Waals surface area contributed by atoms with Crippen LogP contribution in [-0.4, -0.2) is 17.0 Å². The minimum absolute atomic E-state index is 0.0376. The molecule has 0 fully saturated rings. The number of aryl methyl sites for hydroxylation is 1. The van der Waals surface area contributed by atoms with E-state index in [1.54, 1.807) is 31.2 Å². The lowest BCUT2D eigenvalue weighted by Gasteiger charge is -2.01. The quantitative estimate of drug-likeness (QED) is 0.455.